The number of aryl methyl sites for hydroxylation is 1. The second kappa shape index (κ2) is 14.8. The van der Waals surface area contributed by atoms with Gasteiger partial charge in [-0.2, -0.15) is 19.0 Å². The Morgan fingerprint density at radius 3 is 2.48 bits per heavy atom. The van der Waals surface area contributed by atoms with Gasteiger partial charge in [0, 0.05) is 34.9 Å². The molecule has 2 aromatic heterocycles. The molecule has 0 fully saturated rings. The minimum Gasteiger partial charge on any atom is -0.322 e. The van der Waals surface area contributed by atoms with E-state index in [-0.39, 0.29) is 34.3 Å². The molecule has 0 saturated heterocycles. The first-order valence-electron chi connectivity index (χ1n) is 14.4. The Labute approximate surface area is 281 Å². The summed E-state index contributed by atoms with van der Waals surface area (Å²) in [4.78, 5) is 16.2. The number of amides is 1. The number of hydrogen-bond acceptors (Lipinski definition) is 5. The molecule has 0 saturated carbocycles. The van der Waals surface area contributed by atoms with Gasteiger partial charge in [0.2, 0.25) is 0 Å². The van der Waals surface area contributed by atoms with E-state index in [9.17, 15) is 35.5 Å². The summed E-state index contributed by atoms with van der Waals surface area (Å²) >= 11 is 11.8. The SMILES string of the molecule is C[C@@H]1CC(C)(C)c2c(F)ccc(NC(=O)c3cn(C)nc3C(F)F)c21.FC(F)C(F)(F)OCC(Cn1cncn1)c1ccc(Cl)cc1Cl. The van der Waals surface area contributed by atoms with Crippen molar-refractivity contribution in [3.8, 4) is 0 Å². The van der Waals surface area contributed by atoms with Gasteiger partial charge in [0.05, 0.1) is 18.7 Å². The topological polar surface area (TPSA) is 86.9 Å². The molecule has 2 aromatic carbocycles. The molecule has 260 valence electrons. The predicted molar refractivity (Wildman–Crippen MR) is 165 cm³/mol. The zero-order chi connectivity index (χ0) is 35.6. The third-order valence-electron chi connectivity index (χ3n) is 7.74. The van der Waals surface area contributed by atoms with E-state index in [4.69, 9.17) is 23.2 Å². The van der Waals surface area contributed by atoms with Crippen LogP contribution in [-0.2, 0) is 23.7 Å². The maximum atomic E-state index is 14.3. The summed E-state index contributed by atoms with van der Waals surface area (Å²) in [6.07, 6.45) is -6.68. The summed E-state index contributed by atoms with van der Waals surface area (Å²) in [5, 5.41) is 10.7. The highest BCUT2D eigenvalue weighted by Gasteiger charge is 2.43. The Hall–Kier alpha value is -3.69. The number of carbonyl (C=O) groups is 1. The maximum absolute atomic E-state index is 14.3. The Balaban J connectivity index is 0.000000218. The lowest BCUT2D eigenvalue weighted by Gasteiger charge is -2.22. The summed E-state index contributed by atoms with van der Waals surface area (Å²) < 4.78 is 97.6. The normalized spacial score (nSPS) is 16.1. The van der Waals surface area contributed by atoms with Crippen LogP contribution in [0.1, 0.15) is 78.2 Å². The predicted octanol–water partition coefficient (Wildman–Crippen LogP) is 8.78. The van der Waals surface area contributed by atoms with Crippen LogP contribution in [0.25, 0.3) is 0 Å². The standard InChI is InChI=1S/C18H20F3N3O.C13H11Cl2F4N3O/c1-9-7-18(2,3)14-11(19)5-6-12(13(9)14)22-17(25)10-8-24(4)23-15(10)16(20)21;14-9-1-2-10(11(15)3-9)8(4-22-7-20-6-21-22)5-23-13(18,19)12(16)17/h5-6,8-9,16H,7H2,1-4H3,(H,22,25);1-3,6-8,12H,4-5H2/t9-;/m1./s1. The van der Waals surface area contributed by atoms with Crippen LogP contribution in [0.3, 0.4) is 0 Å². The van der Waals surface area contributed by atoms with E-state index < -0.39 is 43.1 Å². The molecule has 4 aromatic rings. The highest BCUT2D eigenvalue weighted by molar-refractivity contribution is 6.35. The van der Waals surface area contributed by atoms with Crippen LogP contribution < -0.4 is 5.32 Å². The van der Waals surface area contributed by atoms with Gasteiger partial charge >= 0.3 is 12.5 Å². The van der Waals surface area contributed by atoms with Gasteiger partial charge in [-0.15, -0.1) is 0 Å². The molecular weight excluding hydrogens is 692 g/mol. The van der Waals surface area contributed by atoms with Gasteiger partial charge in [0.15, 0.2) is 0 Å². The molecule has 2 heterocycles. The van der Waals surface area contributed by atoms with Crippen molar-refractivity contribution in [1.82, 2.24) is 24.5 Å². The van der Waals surface area contributed by atoms with Crippen molar-refractivity contribution in [1.29, 1.82) is 0 Å². The number of fused-ring (bicyclic) bond motifs is 1. The molecule has 0 aliphatic heterocycles. The number of alkyl halides is 6. The second-order valence-corrected chi connectivity index (χ2v) is 12.7. The van der Waals surface area contributed by atoms with Gasteiger partial charge < -0.3 is 10.1 Å². The van der Waals surface area contributed by atoms with E-state index in [0.29, 0.717) is 21.8 Å². The van der Waals surface area contributed by atoms with E-state index >= 15 is 0 Å². The van der Waals surface area contributed by atoms with Gasteiger partial charge in [-0.3, -0.25) is 14.2 Å². The van der Waals surface area contributed by atoms with E-state index in [0.717, 1.165) is 12.0 Å². The lowest BCUT2D eigenvalue weighted by atomic mass is 9.85. The molecular formula is C31H31Cl2F7N6O2. The van der Waals surface area contributed by atoms with Crippen molar-refractivity contribution >= 4 is 34.8 Å². The number of halogens is 9. The average molecular weight is 724 g/mol. The Kier molecular flexibility index (Phi) is 11.5. The third-order valence-corrected chi connectivity index (χ3v) is 8.31. The van der Waals surface area contributed by atoms with Gasteiger partial charge in [0.25, 0.3) is 12.3 Å². The first-order valence-corrected chi connectivity index (χ1v) is 15.2. The summed E-state index contributed by atoms with van der Waals surface area (Å²) in [5.74, 6) is -1.67. The van der Waals surface area contributed by atoms with E-state index in [1.165, 1.54) is 65.6 Å². The maximum Gasteiger partial charge on any atom is 0.416 e. The molecule has 1 amide bonds. The molecule has 17 heteroatoms. The molecule has 1 aliphatic rings. The molecule has 0 spiro atoms. The molecule has 2 atom stereocenters. The minimum absolute atomic E-state index is 0.0551. The quantitative estimate of drug-likeness (QED) is 0.166. The van der Waals surface area contributed by atoms with Crippen molar-refractivity contribution in [2.45, 2.75) is 69.9 Å². The van der Waals surface area contributed by atoms with Crippen LogP contribution in [0.15, 0.2) is 49.2 Å². The zero-order valence-electron chi connectivity index (χ0n) is 26.0. The Morgan fingerprint density at radius 1 is 1.17 bits per heavy atom. The molecule has 1 N–H and O–H groups in total. The number of nitrogens with zero attached hydrogens (tertiary/aromatic N) is 5. The van der Waals surface area contributed by atoms with Gasteiger partial charge in [-0.05, 0) is 58.7 Å². The Morgan fingerprint density at radius 2 is 1.88 bits per heavy atom. The fraction of sp³-hybridized carbons (Fsp3) is 0.419. The van der Waals surface area contributed by atoms with E-state index in [1.807, 2.05) is 20.8 Å². The van der Waals surface area contributed by atoms with Crippen molar-refractivity contribution < 1.29 is 40.3 Å². The van der Waals surface area contributed by atoms with Crippen molar-refractivity contribution in [2.24, 2.45) is 7.05 Å². The van der Waals surface area contributed by atoms with E-state index in [1.54, 1.807) is 0 Å². The molecule has 0 bridgehead atoms. The third kappa shape index (κ3) is 8.47. The largest absolute Gasteiger partial charge is 0.416 e. The number of anilines is 1. The van der Waals surface area contributed by atoms with Crippen LogP contribution in [0.4, 0.5) is 36.4 Å². The zero-order valence-corrected chi connectivity index (χ0v) is 27.5. The van der Waals surface area contributed by atoms with Crippen LogP contribution >= 0.6 is 23.2 Å². The average Bonchev–Trinajstić information content (AvgIpc) is 3.71. The number of nitrogens with one attached hydrogen (secondary N) is 1. The van der Waals surface area contributed by atoms with Crippen LogP contribution in [0.2, 0.25) is 10.0 Å². The van der Waals surface area contributed by atoms with Gasteiger partial charge in [-0.1, -0.05) is 50.0 Å². The number of benzene rings is 2. The number of hydrogen-bond donors (Lipinski definition) is 1. The summed E-state index contributed by atoms with van der Waals surface area (Å²) in [7, 11) is 1.48. The second-order valence-electron chi connectivity index (χ2n) is 11.9. The smallest absolute Gasteiger partial charge is 0.322 e. The number of carbonyl (C=O) groups excluding carboxylic acids is 1. The van der Waals surface area contributed by atoms with Gasteiger partial charge in [0.1, 0.15) is 24.2 Å². The van der Waals surface area contributed by atoms with Crippen LogP contribution in [0, 0.1) is 5.82 Å². The summed E-state index contributed by atoms with van der Waals surface area (Å²) in [6.45, 7) is 5.27. The van der Waals surface area contributed by atoms with Crippen molar-refractivity contribution in [3.63, 3.8) is 0 Å². The summed E-state index contributed by atoms with van der Waals surface area (Å²) in [5.41, 5.74) is 1.12. The first-order chi connectivity index (χ1) is 22.4. The van der Waals surface area contributed by atoms with Crippen molar-refractivity contribution in [2.75, 3.05) is 11.9 Å². The van der Waals surface area contributed by atoms with Crippen LogP contribution in [0.5, 0.6) is 0 Å². The molecule has 48 heavy (non-hydrogen) atoms. The van der Waals surface area contributed by atoms with Crippen molar-refractivity contribution in [3.05, 3.63) is 93.0 Å². The lowest BCUT2D eigenvalue weighted by molar-refractivity contribution is -0.302. The molecule has 8 nitrogen and oxygen atoms in total. The fourth-order valence-electron chi connectivity index (χ4n) is 5.80. The van der Waals surface area contributed by atoms with Gasteiger partial charge in [-0.25, -0.2) is 26.9 Å². The number of aromatic nitrogens is 5. The molecule has 5 rings (SSSR count). The minimum atomic E-state index is -4.54. The molecule has 1 aliphatic carbocycles. The summed E-state index contributed by atoms with van der Waals surface area (Å²) in [6, 6.07) is 7.27. The molecule has 0 radical (unpaired) electrons. The highest BCUT2D eigenvalue weighted by atomic mass is 35.5. The number of ether oxygens (including phenoxy) is 1. The van der Waals surface area contributed by atoms with Crippen LogP contribution in [-0.4, -0.2) is 49.6 Å². The monoisotopic (exact) mass is 722 g/mol. The fourth-order valence-corrected chi connectivity index (χ4v) is 6.37. The highest BCUT2D eigenvalue weighted by Crippen LogP contribution is 2.49. The molecule has 1 unspecified atom stereocenters. The number of rotatable bonds is 10. The Bertz CT molecular complexity index is 1730. The lowest BCUT2D eigenvalue weighted by Crippen LogP contribution is -2.32. The van der Waals surface area contributed by atoms with E-state index in [2.05, 4.69) is 25.2 Å². The first kappa shape index (κ1) is 37.1.